The van der Waals surface area contributed by atoms with Crippen LogP contribution in [0.2, 0.25) is 0 Å². The van der Waals surface area contributed by atoms with E-state index in [0.717, 1.165) is 14.0 Å². The van der Waals surface area contributed by atoms with Gasteiger partial charge in [0.15, 0.2) is 0 Å². The van der Waals surface area contributed by atoms with Crippen LogP contribution in [0.15, 0.2) is 92.9 Å². The fourth-order valence-corrected chi connectivity index (χ4v) is 11.6. The highest BCUT2D eigenvalue weighted by molar-refractivity contribution is 8.18. The predicted octanol–water partition coefficient (Wildman–Crippen LogP) is 4.56. The molecule has 1 saturated heterocycles. The van der Waals surface area contributed by atoms with Crippen LogP contribution in [0.5, 0.6) is 0 Å². The molecule has 6 heteroatoms. The first-order valence-electron chi connectivity index (χ1n) is 8.38. The van der Waals surface area contributed by atoms with Crippen LogP contribution >= 0.6 is 23.5 Å². The third-order valence-corrected chi connectivity index (χ3v) is 12.3. The first kappa shape index (κ1) is 17.0. The van der Waals surface area contributed by atoms with Crippen molar-refractivity contribution in [3.8, 4) is 0 Å². The molecule has 6 atom stereocenters. The Morgan fingerprint density at radius 3 is 2.23 bits per heavy atom. The maximum atomic E-state index is 13.2. The molecule has 3 aliphatic rings. The van der Waals surface area contributed by atoms with Gasteiger partial charge in [-0.1, -0.05) is 66.4 Å². The second-order valence-electron chi connectivity index (χ2n) is 6.45. The molecule has 2 aromatic carbocycles. The molecule has 5 rings (SSSR count). The van der Waals surface area contributed by atoms with E-state index < -0.39 is 25.7 Å². The zero-order valence-electron chi connectivity index (χ0n) is 13.7. The van der Waals surface area contributed by atoms with Gasteiger partial charge < -0.3 is 0 Å². The summed E-state index contributed by atoms with van der Waals surface area (Å²) in [5.74, 6) is 0.0515. The highest BCUT2D eigenvalue weighted by atomic mass is 32.2. The van der Waals surface area contributed by atoms with Crippen LogP contribution in [-0.2, 0) is 21.6 Å². The van der Waals surface area contributed by atoms with E-state index in [1.807, 2.05) is 54.6 Å². The van der Waals surface area contributed by atoms with Crippen molar-refractivity contribution in [3.63, 3.8) is 0 Å². The second kappa shape index (κ2) is 6.51. The summed E-state index contributed by atoms with van der Waals surface area (Å²) in [5.41, 5.74) is 0. The highest BCUT2D eigenvalue weighted by Crippen LogP contribution is 2.60. The monoisotopic (exact) mass is 416 g/mol. The molecule has 1 fully saturated rings. The largest absolute Gasteiger partial charge is 0.257 e. The minimum absolute atomic E-state index is 0.0515. The van der Waals surface area contributed by atoms with Gasteiger partial charge in [-0.3, -0.25) is 8.42 Å². The van der Waals surface area contributed by atoms with E-state index in [1.54, 1.807) is 23.5 Å². The molecule has 0 N–H and O–H groups in total. The molecular weight excluding hydrogens is 400 g/mol. The SMILES string of the molecule is O=S1[C@@H]2C=C[C@@]1(Sc1ccccc1)[C@H]1C=C(Sc3ccccc3)[S@@](=O)[C@@H]21. The van der Waals surface area contributed by atoms with Crippen molar-refractivity contribution in [2.45, 2.75) is 24.4 Å². The minimum atomic E-state index is -1.10. The van der Waals surface area contributed by atoms with E-state index in [0.29, 0.717) is 0 Å². The van der Waals surface area contributed by atoms with Crippen LogP contribution in [0.4, 0.5) is 0 Å². The molecule has 0 saturated carbocycles. The Labute approximate surface area is 166 Å². The van der Waals surface area contributed by atoms with Gasteiger partial charge in [0.2, 0.25) is 0 Å². The maximum Gasteiger partial charge on any atom is 0.122 e. The molecule has 0 spiro atoms. The van der Waals surface area contributed by atoms with Crippen molar-refractivity contribution >= 4 is 45.1 Å². The molecule has 132 valence electrons. The third kappa shape index (κ3) is 2.53. The third-order valence-electron chi connectivity index (χ3n) is 4.97. The molecule has 0 amide bonds. The maximum absolute atomic E-state index is 13.2. The summed E-state index contributed by atoms with van der Waals surface area (Å²) >= 11 is 3.24. The van der Waals surface area contributed by atoms with Gasteiger partial charge in [0.05, 0.1) is 36.3 Å². The summed E-state index contributed by atoms with van der Waals surface area (Å²) in [4.78, 5) is 2.20. The van der Waals surface area contributed by atoms with E-state index in [1.165, 1.54) is 0 Å². The lowest BCUT2D eigenvalue weighted by Gasteiger charge is -2.28. The van der Waals surface area contributed by atoms with Gasteiger partial charge in [-0.2, -0.15) is 0 Å². The van der Waals surface area contributed by atoms with Crippen molar-refractivity contribution in [3.05, 3.63) is 83.1 Å². The van der Waals surface area contributed by atoms with Gasteiger partial charge in [0.1, 0.15) is 4.08 Å². The molecule has 2 aromatic rings. The van der Waals surface area contributed by atoms with Crippen LogP contribution in [0.25, 0.3) is 0 Å². The molecule has 2 bridgehead atoms. The minimum Gasteiger partial charge on any atom is -0.257 e. The highest BCUT2D eigenvalue weighted by Gasteiger charge is 2.65. The van der Waals surface area contributed by atoms with E-state index in [9.17, 15) is 8.42 Å². The van der Waals surface area contributed by atoms with Crippen LogP contribution in [0, 0.1) is 5.92 Å². The zero-order valence-corrected chi connectivity index (χ0v) is 17.0. The summed E-state index contributed by atoms with van der Waals surface area (Å²) in [6.07, 6.45) is 6.28. The van der Waals surface area contributed by atoms with Gasteiger partial charge in [0.25, 0.3) is 0 Å². The summed E-state index contributed by atoms with van der Waals surface area (Å²) in [6.45, 7) is 0. The molecule has 0 radical (unpaired) electrons. The van der Waals surface area contributed by atoms with Crippen molar-refractivity contribution in [1.29, 1.82) is 0 Å². The summed E-state index contributed by atoms with van der Waals surface area (Å²) < 4.78 is 26.8. The molecular formula is C20H16O2S4. The van der Waals surface area contributed by atoms with Gasteiger partial charge in [0, 0.05) is 15.7 Å². The quantitative estimate of drug-likeness (QED) is 0.685. The number of allylic oxidation sites excluding steroid dienone is 1. The summed E-state index contributed by atoms with van der Waals surface area (Å²) in [5, 5.41) is -0.176. The lowest BCUT2D eigenvalue weighted by atomic mass is 9.94. The lowest BCUT2D eigenvalue weighted by Crippen LogP contribution is -2.33. The number of rotatable bonds is 4. The number of hydrogen-bond acceptors (Lipinski definition) is 4. The Hall–Kier alpha value is -1.08. The Balaban J connectivity index is 1.50. The molecule has 0 aromatic heterocycles. The van der Waals surface area contributed by atoms with Gasteiger partial charge in [-0.25, -0.2) is 0 Å². The number of benzene rings is 2. The molecule has 2 nitrogen and oxygen atoms in total. The van der Waals surface area contributed by atoms with Gasteiger partial charge in [-0.05, 0) is 24.3 Å². The fourth-order valence-electron chi connectivity index (χ4n) is 3.80. The Kier molecular flexibility index (Phi) is 4.27. The number of hydrogen-bond donors (Lipinski definition) is 0. The van der Waals surface area contributed by atoms with Crippen LogP contribution in [-0.4, -0.2) is 23.0 Å². The summed E-state index contributed by atoms with van der Waals surface area (Å²) in [6, 6.07) is 20.2. The van der Waals surface area contributed by atoms with E-state index >= 15 is 0 Å². The Bertz CT molecular complexity index is 954. The lowest BCUT2D eigenvalue weighted by molar-refractivity contribution is 0.614. The first-order valence-corrected chi connectivity index (χ1v) is 12.4. The first-order chi connectivity index (χ1) is 12.7. The van der Waals surface area contributed by atoms with Gasteiger partial charge >= 0.3 is 0 Å². The fraction of sp³-hybridized carbons (Fsp3) is 0.200. The number of fused-ring (bicyclic) bond motifs is 5. The van der Waals surface area contributed by atoms with Crippen molar-refractivity contribution in [2.24, 2.45) is 5.92 Å². The van der Waals surface area contributed by atoms with Crippen LogP contribution in [0.1, 0.15) is 0 Å². The summed E-state index contributed by atoms with van der Waals surface area (Å²) in [7, 11) is -2.15. The van der Waals surface area contributed by atoms with Crippen LogP contribution < -0.4 is 0 Å². The van der Waals surface area contributed by atoms with Crippen LogP contribution in [0.3, 0.4) is 0 Å². The normalized spacial score (nSPS) is 36.9. The smallest absolute Gasteiger partial charge is 0.122 e. The second-order valence-corrected chi connectivity index (χ2v) is 12.8. The van der Waals surface area contributed by atoms with Gasteiger partial charge in [-0.15, -0.1) is 11.8 Å². The Morgan fingerprint density at radius 1 is 0.885 bits per heavy atom. The average molecular weight is 417 g/mol. The predicted molar refractivity (Wildman–Crippen MR) is 112 cm³/mol. The van der Waals surface area contributed by atoms with E-state index in [4.69, 9.17) is 0 Å². The average Bonchev–Trinajstić information content (AvgIpc) is 3.23. The van der Waals surface area contributed by atoms with Crippen molar-refractivity contribution in [2.75, 3.05) is 0 Å². The van der Waals surface area contributed by atoms with Crippen molar-refractivity contribution in [1.82, 2.24) is 0 Å². The standard InChI is InChI=1S/C20H16O2S4/c21-25-18(23-14-7-3-1-4-8-14)13-16-19(25)17-11-12-20(16,26(17)22)24-15-9-5-2-6-10-15/h1-13,16-17,19H/t16-,17+,19+,20-,25+,26?/m0/s1. The Morgan fingerprint density at radius 2 is 1.54 bits per heavy atom. The molecule has 3 aliphatic heterocycles. The topological polar surface area (TPSA) is 34.1 Å². The van der Waals surface area contributed by atoms with Crippen molar-refractivity contribution < 1.29 is 8.42 Å². The molecule has 1 unspecified atom stereocenters. The zero-order chi connectivity index (χ0) is 17.7. The molecule has 3 heterocycles. The molecule has 26 heavy (non-hydrogen) atoms. The van der Waals surface area contributed by atoms with E-state index in [-0.39, 0.29) is 16.4 Å². The molecule has 0 aliphatic carbocycles. The number of thioether (sulfide) groups is 2. The van der Waals surface area contributed by atoms with E-state index in [2.05, 4.69) is 24.3 Å².